The SMILES string of the molecule is CCCCCCCCCCCCCCOC(O)(OCCCCCCCCCCCC)C(CCCCCCCCCCCCCC)CCC(C)N. The molecule has 0 aromatic rings. The maximum Gasteiger partial charge on any atom is 0.283 e. The Morgan fingerprint density at radius 1 is 0.380 bits per heavy atom. The fourth-order valence-corrected chi connectivity index (χ4v) is 7.45. The molecule has 0 rings (SSSR count). The van der Waals surface area contributed by atoms with Crippen molar-refractivity contribution in [1.29, 1.82) is 0 Å². The van der Waals surface area contributed by atoms with Gasteiger partial charge in [-0.3, -0.25) is 0 Å². The maximum atomic E-state index is 12.0. The molecule has 0 amide bonds. The molecule has 50 heavy (non-hydrogen) atoms. The average Bonchev–Trinajstić information content (AvgIpc) is 3.10. The molecule has 0 radical (unpaired) electrons. The van der Waals surface area contributed by atoms with Gasteiger partial charge >= 0.3 is 0 Å². The summed E-state index contributed by atoms with van der Waals surface area (Å²) >= 11 is 0. The van der Waals surface area contributed by atoms with Gasteiger partial charge in [0.05, 0.1) is 13.2 Å². The van der Waals surface area contributed by atoms with Gasteiger partial charge in [0.25, 0.3) is 5.97 Å². The first-order valence-corrected chi connectivity index (χ1v) is 23.3. The van der Waals surface area contributed by atoms with Gasteiger partial charge in [-0.15, -0.1) is 0 Å². The third-order valence-electron chi connectivity index (χ3n) is 11.0. The molecule has 0 aromatic carbocycles. The van der Waals surface area contributed by atoms with Crippen molar-refractivity contribution in [1.82, 2.24) is 0 Å². The topological polar surface area (TPSA) is 64.7 Å². The van der Waals surface area contributed by atoms with Crippen LogP contribution in [0.1, 0.15) is 265 Å². The highest BCUT2D eigenvalue weighted by molar-refractivity contribution is 4.73. The Labute approximate surface area is 316 Å². The van der Waals surface area contributed by atoms with E-state index in [9.17, 15) is 5.11 Å². The second-order valence-electron chi connectivity index (χ2n) is 16.3. The second-order valence-corrected chi connectivity index (χ2v) is 16.3. The molecule has 0 aliphatic heterocycles. The van der Waals surface area contributed by atoms with Crippen LogP contribution < -0.4 is 5.73 Å². The van der Waals surface area contributed by atoms with Gasteiger partial charge in [-0.05, 0) is 39.0 Å². The number of hydrogen-bond acceptors (Lipinski definition) is 4. The largest absolute Gasteiger partial charge is 0.343 e. The predicted octanol–water partition coefficient (Wildman–Crippen LogP) is 15.1. The first kappa shape index (κ1) is 49.8. The fraction of sp³-hybridized carbons (Fsp3) is 1.00. The summed E-state index contributed by atoms with van der Waals surface area (Å²) in [6.07, 6.45) is 47.7. The minimum atomic E-state index is -1.48. The summed E-state index contributed by atoms with van der Waals surface area (Å²) in [4.78, 5) is 0. The van der Waals surface area contributed by atoms with Gasteiger partial charge in [0.15, 0.2) is 0 Å². The molecule has 0 aliphatic carbocycles. The van der Waals surface area contributed by atoms with Crippen molar-refractivity contribution in [3.63, 3.8) is 0 Å². The summed E-state index contributed by atoms with van der Waals surface area (Å²) in [5.41, 5.74) is 6.23. The van der Waals surface area contributed by atoms with Gasteiger partial charge in [-0.25, -0.2) is 0 Å². The Morgan fingerprint density at radius 3 is 0.920 bits per heavy atom. The molecule has 0 spiro atoms. The van der Waals surface area contributed by atoms with Gasteiger partial charge in [-0.1, -0.05) is 226 Å². The number of unbranched alkanes of at least 4 members (excludes halogenated alkanes) is 31. The van der Waals surface area contributed by atoms with Crippen LogP contribution in [0, 0.1) is 5.92 Å². The van der Waals surface area contributed by atoms with E-state index in [1.165, 1.54) is 199 Å². The summed E-state index contributed by atoms with van der Waals surface area (Å²) in [6, 6.07) is 0.127. The molecule has 0 bridgehead atoms. The number of aliphatic hydroxyl groups is 1. The summed E-state index contributed by atoms with van der Waals surface area (Å²) in [5, 5.41) is 12.0. The van der Waals surface area contributed by atoms with Crippen LogP contribution in [-0.4, -0.2) is 30.3 Å². The van der Waals surface area contributed by atoms with Gasteiger partial charge in [0.1, 0.15) is 0 Å². The minimum Gasteiger partial charge on any atom is -0.343 e. The Morgan fingerprint density at radius 2 is 0.640 bits per heavy atom. The van der Waals surface area contributed by atoms with Gasteiger partial charge < -0.3 is 20.3 Å². The van der Waals surface area contributed by atoms with Gasteiger partial charge in [0.2, 0.25) is 0 Å². The lowest BCUT2D eigenvalue weighted by Crippen LogP contribution is -2.45. The smallest absolute Gasteiger partial charge is 0.283 e. The standard InChI is InChI=1S/C46H95NO3/c1-5-8-11-14-17-20-23-25-27-30-33-36-39-45(41-40-44(4)47)46(48,49-42-37-34-31-28-22-19-16-13-10-7-3)50-43-38-35-32-29-26-24-21-18-15-12-9-6-2/h44-45,48H,5-43,47H2,1-4H3. The number of nitrogens with two attached hydrogens (primary N) is 1. The maximum absolute atomic E-state index is 12.0. The van der Waals surface area contributed by atoms with Crippen LogP contribution in [0.2, 0.25) is 0 Å². The molecule has 0 saturated heterocycles. The van der Waals surface area contributed by atoms with Crippen LogP contribution in [0.5, 0.6) is 0 Å². The van der Waals surface area contributed by atoms with Crippen LogP contribution in [0.15, 0.2) is 0 Å². The van der Waals surface area contributed by atoms with Crippen molar-refractivity contribution >= 4 is 0 Å². The average molecular weight is 710 g/mol. The van der Waals surface area contributed by atoms with Crippen LogP contribution in [0.25, 0.3) is 0 Å². The van der Waals surface area contributed by atoms with E-state index in [0.29, 0.717) is 13.2 Å². The van der Waals surface area contributed by atoms with Crippen LogP contribution in [-0.2, 0) is 9.47 Å². The lowest BCUT2D eigenvalue weighted by Gasteiger charge is -2.36. The first-order valence-electron chi connectivity index (χ1n) is 23.3. The zero-order chi connectivity index (χ0) is 36.6. The molecule has 3 N–H and O–H groups in total. The molecule has 0 fully saturated rings. The zero-order valence-corrected chi connectivity index (χ0v) is 35.1. The van der Waals surface area contributed by atoms with Crippen LogP contribution in [0.3, 0.4) is 0 Å². The molecule has 302 valence electrons. The zero-order valence-electron chi connectivity index (χ0n) is 35.1. The van der Waals surface area contributed by atoms with Crippen molar-refractivity contribution in [3.05, 3.63) is 0 Å². The number of hydrogen-bond donors (Lipinski definition) is 2. The minimum absolute atomic E-state index is 0.0166. The number of rotatable bonds is 43. The Bertz CT molecular complexity index is 629. The van der Waals surface area contributed by atoms with Crippen LogP contribution in [0.4, 0.5) is 0 Å². The van der Waals surface area contributed by atoms with E-state index in [1.54, 1.807) is 0 Å². The molecule has 0 saturated carbocycles. The Balaban J connectivity index is 4.68. The third-order valence-corrected chi connectivity index (χ3v) is 11.0. The highest BCUT2D eigenvalue weighted by Gasteiger charge is 2.38. The summed E-state index contributed by atoms with van der Waals surface area (Å²) in [6.45, 7) is 10.1. The molecule has 4 nitrogen and oxygen atoms in total. The van der Waals surface area contributed by atoms with Gasteiger partial charge in [0, 0.05) is 12.0 Å². The fourth-order valence-electron chi connectivity index (χ4n) is 7.45. The van der Waals surface area contributed by atoms with Crippen molar-refractivity contribution in [2.45, 2.75) is 277 Å². The summed E-state index contributed by atoms with van der Waals surface area (Å²) < 4.78 is 12.7. The molecular weight excluding hydrogens is 615 g/mol. The molecule has 0 heterocycles. The molecule has 4 heteroatoms. The van der Waals surface area contributed by atoms with E-state index in [4.69, 9.17) is 15.2 Å². The third kappa shape index (κ3) is 34.9. The van der Waals surface area contributed by atoms with E-state index in [1.807, 2.05) is 0 Å². The molecular formula is C46H95NO3. The van der Waals surface area contributed by atoms with E-state index in [-0.39, 0.29) is 12.0 Å². The molecule has 3 unspecified atom stereocenters. The summed E-state index contributed by atoms with van der Waals surface area (Å²) in [7, 11) is 0. The highest BCUT2D eigenvalue weighted by Crippen LogP contribution is 2.32. The predicted molar refractivity (Wildman–Crippen MR) is 222 cm³/mol. The van der Waals surface area contributed by atoms with Gasteiger partial charge in [-0.2, -0.15) is 0 Å². The summed E-state index contributed by atoms with van der Waals surface area (Å²) in [5.74, 6) is -1.50. The lowest BCUT2D eigenvalue weighted by atomic mass is 9.91. The van der Waals surface area contributed by atoms with Crippen molar-refractivity contribution in [2.75, 3.05) is 13.2 Å². The van der Waals surface area contributed by atoms with E-state index >= 15 is 0 Å². The second kappa shape index (κ2) is 40.0. The molecule has 3 atom stereocenters. The Hall–Kier alpha value is -0.160. The normalized spacial score (nSPS) is 14.3. The van der Waals surface area contributed by atoms with E-state index < -0.39 is 5.97 Å². The molecule has 0 aliphatic rings. The Kier molecular flexibility index (Phi) is 39.9. The first-order chi connectivity index (χ1) is 24.5. The van der Waals surface area contributed by atoms with E-state index in [2.05, 4.69) is 27.7 Å². The lowest BCUT2D eigenvalue weighted by molar-refractivity contribution is -0.388. The van der Waals surface area contributed by atoms with Crippen molar-refractivity contribution in [2.24, 2.45) is 11.7 Å². The monoisotopic (exact) mass is 710 g/mol. The van der Waals surface area contributed by atoms with Crippen molar-refractivity contribution < 1.29 is 14.6 Å². The van der Waals surface area contributed by atoms with Crippen molar-refractivity contribution in [3.8, 4) is 0 Å². The highest BCUT2D eigenvalue weighted by atomic mass is 16.8. The quantitative estimate of drug-likeness (QED) is 0.0489. The molecule has 0 aromatic heterocycles. The van der Waals surface area contributed by atoms with E-state index in [0.717, 1.165) is 38.5 Å². The van der Waals surface area contributed by atoms with Crippen LogP contribution >= 0.6 is 0 Å². The number of ether oxygens (including phenoxy) is 2.